The lowest BCUT2D eigenvalue weighted by Gasteiger charge is -2.31. The Labute approximate surface area is 138 Å². The van der Waals surface area contributed by atoms with E-state index in [1.165, 1.54) is 16.4 Å². The van der Waals surface area contributed by atoms with E-state index in [0.717, 1.165) is 5.56 Å². The highest BCUT2D eigenvalue weighted by molar-refractivity contribution is 7.89. The standard InChI is InChI=1S/C18H20N2O2S/c1-14(2)18(15-9-5-4-6-10-15)20(3)23(21,22)17-12-8-7-11-16(17)13-19/h4-12,14,18H,1-3H3. The van der Waals surface area contributed by atoms with Gasteiger partial charge in [0, 0.05) is 7.05 Å². The van der Waals surface area contributed by atoms with Crippen molar-refractivity contribution in [2.24, 2.45) is 5.92 Å². The monoisotopic (exact) mass is 328 g/mol. The van der Waals surface area contributed by atoms with Gasteiger partial charge in [-0.2, -0.15) is 9.57 Å². The second-order valence-electron chi connectivity index (χ2n) is 5.73. The van der Waals surface area contributed by atoms with Crippen molar-refractivity contribution in [3.8, 4) is 6.07 Å². The molecule has 1 atom stereocenters. The second-order valence-corrected chi connectivity index (χ2v) is 7.69. The molecule has 120 valence electrons. The van der Waals surface area contributed by atoms with Gasteiger partial charge in [0.15, 0.2) is 0 Å². The van der Waals surface area contributed by atoms with Crippen LogP contribution in [0.25, 0.3) is 0 Å². The van der Waals surface area contributed by atoms with E-state index in [2.05, 4.69) is 0 Å². The first kappa shape index (κ1) is 17.2. The maximum absolute atomic E-state index is 13.0. The van der Waals surface area contributed by atoms with Gasteiger partial charge < -0.3 is 0 Å². The number of hydrogen-bond donors (Lipinski definition) is 0. The van der Waals surface area contributed by atoms with Crippen LogP contribution < -0.4 is 0 Å². The number of hydrogen-bond acceptors (Lipinski definition) is 3. The third kappa shape index (κ3) is 3.44. The van der Waals surface area contributed by atoms with Crippen LogP contribution in [0, 0.1) is 17.2 Å². The van der Waals surface area contributed by atoms with E-state index >= 15 is 0 Å². The summed E-state index contributed by atoms with van der Waals surface area (Å²) < 4.78 is 27.4. The van der Waals surface area contributed by atoms with E-state index in [1.807, 2.05) is 50.2 Å². The highest BCUT2D eigenvalue weighted by Crippen LogP contribution is 2.32. The molecule has 1 unspecified atom stereocenters. The average molecular weight is 328 g/mol. The normalized spacial score (nSPS) is 13.0. The predicted molar refractivity (Wildman–Crippen MR) is 90.1 cm³/mol. The van der Waals surface area contributed by atoms with E-state index in [4.69, 9.17) is 0 Å². The third-order valence-corrected chi connectivity index (χ3v) is 5.73. The minimum Gasteiger partial charge on any atom is -0.207 e. The minimum absolute atomic E-state index is 0.0478. The Balaban J connectivity index is 2.52. The van der Waals surface area contributed by atoms with E-state index in [1.54, 1.807) is 19.2 Å². The van der Waals surface area contributed by atoms with Gasteiger partial charge in [0.25, 0.3) is 0 Å². The van der Waals surface area contributed by atoms with Crippen LogP contribution in [0.1, 0.15) is 31.0 Å². The zero-order valence-corrected chi connectivity index (χ0v) is 14.3. The van der Waals surface area contributed by atoms with Crippen LogP contribution in [0.2, 0.25) is 0 Å². The molecule has 23 heavy (non-hydrogen) atoms. The molecule has 0 aliphatic rings. The fraction of sp³-hybridized carbons (Fsp3) is 0.278. The molecule has 0 amide bonds. The van der Waals surface area contributed by atoms with Gasteiger partial charge in [-0.3, -0.25) is 0 Å². The summed E-state index contributed by atoms with van der Waals surface area (Å²) in [4.78, 5) is 0.0478. The Morgan fingerprint density at radius 3 is 2.13 bits per heavy atom. The van der Waals surface area contributed by atoms with Crippen LogP contribution in [0.15, 0.2) is 59.5 Å². The van der Waals surface area contributed by atoms with Crippen LogP contribution in [0.5, 0.6) is 0 Å². The van der Waals surface area contributed by atoms with Gasteiger partial charge in [0.1, 0.15) is 6.07 Å². The first-order chi connectivity index (χ1) is 10.9. The first-order valence-electron chi connectivity index (χ1n) is 7.41. The summed E-state index contributed by atoms with van der Waals surface area (Å²) in [5.74, 6) is 0.0893. The Kier molecular flexibility index (Phi) is 5.19. The molecule has 2 aromatic carbocycles. The molecule has 0 aliphatic carbocycles. The summed E-state index contributed by atoms with van der Waals surface area (Å²) in [6.45, 7) is 3.97. The van der Waals surface area contributed by atoms with Crippen molar-refractivity contribution in [1.29, 1.82) is 5.26 Å². The quantitative estimate of drug-likeness (QED) is 0.843. The van der Waals surface area contributed by atoms with Crippen LogP contribution in [-0.2, 0) is 10.0 Å². The van der Waals surface area contributed by atoms with Gasteiger partial charge in [-0.25, -0.2) is 8.42 Å². The highest BCUT2D eigenvalue weighted by Gasteiger charge is 2.32. The van der Waals surface area contributed by atoms with E-state index < -0.39 is 10.0 Å². The summed E-state index contributed by atoms with van der Waals surface area (Å²) in [6.07, 6.45) is 0. The molecular formula is C18H20N2O2S. The molecule has 0 aliphatic heterocycles. The summed E-state index contributed by atoms with van der Waals surface area (Å²) in [6, 6.07) is 17.5. The van der Waals surface area contributed by atoms with Crippen LogP contribution in [-0.4, -0.2) is 19.8 Å². The molecular weight excluding hydrogens is 308 g/mol. The maximum Gasteiger partial charge on any atom is 0.244 e. The lowest BCUT2D eigenvalue weighted by molar-refractivity contribution is 0.300. The molecule has 0 bridgehead atoms. The number of nitrogens with zero attached hydrogens (tertiary/aromatic N) is 2. The van der Waals surface area contributed by atoms with Crippen molar-refractivity contribution in [3.63, 3.8) is 0 Å². The fourth-order valence-corrected chi connectivity index (χ4v) is 4.37. The van der Waals surface area contributed by atoms with Crippen LogP contribution >= 0.6 is 0 Å². The summed E-state index contributed by atoms with van der Waals surface area (Å²) in [7, 11) is -2.19. The number of rotatable bonds is 5. The Hall–Kier alpha value is -2.16. The molecule has 4 nitrogen and oxygen atoms in total. The highest BCUT2D eigenvalue weighted by atomic mass is 32.2. The molecule has 2 rings (SSSR count). The minimum atomic E-state index is -3.76. The van der Waals surface area contributed by atoms with Gasteiger partial charge in [-0.1, -0.05) is 56.3 Å². The van der Waals surface area contributed by atoms with Crippen molar-refractivity contribution < 1.29 is 8.42 Å². The number of benzene rings is 2. The lowest BCUT2D eigenvalue weighted by Crippen LogP contribution is -2.34. The molecule has 2 aromatic rings. The molecule has 0 spiro atoms. The smallest absolute Gasteiger partial charge is 0.207 e. The van der Waals surface area contributed by atoms with Gasteiger partial charge >= 0.3 is 0 Å². The Morgan fingerprint density at radius 1 is 1.00 bits per heavy atom. The summed E-state index contributed by atoms with van der Waals surface area (Å²) in [5, 5.41) is 9.20. The van der Waals surface area contributed by atoms with Crippen molar-refractivity contribution in [2.45, 2.75) is 24.8 Å². The van der Waals surface area contributed by atoms with Crippen molar-refractivity contribution in [1.82, 2.24) is 4.31 Å². The molecule has 5 heteroatoms. The van der Waals surface area contributed by atoms with Crippen LogP contribution in [0.3, 0.4) is 0 Å². The molecule has 0 saturated carbocycles. The van der Waals surface area contributed by atoms with Gasteiger partial charge in [-0.05, 0) is 23.6 Å². The fourth-order valence-electron chi connectivity index (χ4n) is 2.75. The molecule has 0 saturated heterocycles. The summed E-state index contributed by atoms with van der Waals surface area (Å²) in [5.41, 5.74) is 1.10. The zero-order valence-electron chi connectivity index (χ0n) is 13.5. The van der Waals surface area contributed by atoms with Gasteiger partial charge in [-0.15, -0.1) is 0 Å². The number of sulfonamides is 1. The van der Waals surface area contributed by atoms with E-state index in [9.17, 15) is 13.7 Å². The van der Waals surface area contributed by atoms with Gasteiger partial charge in [0.05, 0.1) is 16.5 Å². The molecule has 0 aromatic heterocycles. The SMILES string of the molecule is CC(C)C(c1ccccc1)N(C)S(=O)(=O)c1ccccc1C#N. The van der Waals surface area contributed by atoms with Crippen molar-refractivity contribution in [2.75, 3.05) is 7.05 Å². The molecule has 0 radical (unpaired) electrons. The van der Waals surface area contributed by atoms with E-state index in [0.29, 0.717) is 0 Å². The van der Waals surface area contributed by atoms with E-state index in [-0.39, 0.29) is 22.4 Å². The third-order valence-electron chi connectivity index (χ3n) is 3.83. The van der Waals surface area contributed by atoms with Crippen molar-refractivity contribution in [3.05, 3.63) is 65.7 Å². The van der Waals surface area contributed by atoms with Crippen LogP contribution in [0.4, 0.5) is 0 Å². The number of nitriles is 1. The maximum atomic E-state index is 13.0. The Bertz CT molecular complexity index is 808. The largest absolute Gasteiger partial charge is 0.244 e. The summed E-state index contributed by atoms with van der Waals surface area (Å²) >= 11 is 0. The molecule has 0 heterocycles. The molecule has 0 N–H and O–H groups in total. The average Bonchev–Trinajstić information content (AvgIpc) is 2.55. The topological polar surface area (TPSA) is 61.2 Å². The lowest BCUT2D eigenvalue weighted by atomic mass is 9.96. The first-order valence-corrected chi connectivity index (χ1v) is 8.85. The second kappa shape index (κ2) is 6.95. The Morgan fingerprint density at radius 2 is 1.57 bits per heavy atom. The zero-order chi connectivity index (χ0) is 17.0. The molecule has 0 fully saturated rings. The van der Waals surface area contributed by atoms with Gasteiger partial charge in [0.2, 0.25) is 10.0 Å². The van der Waals surface area contributed by atoms with Crippen molar-refractivity contribution >= 4 is 10.0 Å². The predicted octanol–water partition coefficient (Wildman–Crippen LogP) is 3.58.